The summed E-state index contributed by atoms with van der Waals surface area (Å²) in [7, 11) is 0. The number of amides is 1. The molecule has 0 fully saturated rings. The van der Waals surface area contributed by atoms with Crippen LogP contribution in [0.5, 0.6) is 0 Å². The topological polar surface area (TPSA) is 72.2 Å². The van der Waals surface area contributed by atoms with E-state index < -0.39 is 0 Å². The number of nitrogens with one attached hydrogen (secondary N) is 1. The van der Waals surface area contributed by atoms with Crippen molar-refractivity contribution in [3.63, 3.8) is 0 Å². The molecule has 0 aliphatic heterocycles. The first-order chi connectivity index (χ1) is 6.31. The third-order valence-corrected chi connectivity index (χ3v) is 1.11. The van der Waals surface area contributed by atoms with Gasteiger partial charge in [-0.2, -0.15) is 0 Å². The predicted octanol–water partition coefficient (Wildman–Crippen LogP) is -0.472. The average molecular weight is 188 g/mol. The van der Waals surface area contributed by atoms with Gasteiger partial charge in [0.1, 0.15) is 6.61 Å². The van der Waals surface area contributed by atoms with Crippen molar-refractivity contribution in [1.29, 1.82) is 0 Å². The summed E-state index contributed by atoms with van der Waals surface area (Å²) in [6.07, 6.45) is 0. The lowest BCUT2D eigenvalue weighted by Gasteiger charge is -2.02. The standard InChI is InChI=1S/C7H12N2O4/c1-8-6-7(10)9-2-3-12-4-5-13-11/h11H,2-6H2,(H,9,10). The Kier molecular flexibility index (Phi) is 8.14. The van der Waals surface area contributed by atoms with E-state index in [2.05, 4.69) is 15.0 Å². The van der Waals surface area contributed by atoms with Crippen LogP contribution in [-0.2, 0) is 14.4 Å². The Bertz CT molecular complexity index is 178. The van der Waals surface area contributed by atoms with Crippen LogP contribution in [0.15, 0.2) is 0 Å². The van der Waals surface area contributed by atoms with E-state index in [1.54, 1.807) is 0 Å². The second-order valence-corrected chi connectivity index (χ2v) is 2.11. The Morgan fingerprint density at radius 2 is 2.23 bits per heavy atom. The molecule has 74 valence electrons. The van der Waals surface area contributed by atoms with Gasteiger partial charge in [-0.1, -0.05) is 0 Å². The van der Waals surface area contributed by atoms with Gasteiger partial charge in [0.2, 0.25) is 0 Å². The molecule has 0 spiro atoms. The lowest BCUT2D eigenvalue weighted by Crippen LogP contribution is -2.28. The SMILES string of the molecule is [C-]#[N+]CC(=O)NCCOCCOO. The Balaban J connectivity index is 3.08. The van der Waals surface area contributed by atoms with Gasteiger partial charge >= 0.3 is 0 Å². The molecule has 0 aromatic rings. The van der Waals surface area contributed by atoms with Gasteiger partial charge < -0.3 is 14.9 Å². The molecule has 0 atom stereocenters. The fourth-order valence-electron chi connectivity index (χ4n) is 0.589. The normalized spacial score (nSPS) is 9.23. The molecule has 2 N–H and O–H groups in total. The monoisotopic (exact) mass is 188 g/mol. The smallest absolute Gasteiger partial charge is 0.300 e. The van der Waals surface area contributed by atoms with Crippen molar-refractivity contribution >= 4 is 5.91 Å². The third kappa shape index (κ3) is 8.75. The molecule has 0 aliphatic rings. The van der Waals surface area contributed by atoms with Crippen molar-refractivity contribution in [2.45, 2.75) is 0 Å². The van der Waals surface area contributed by atoms with E-state index in [-0.39, 0.29) is 25.7 Å². The quantitative estimate of drug-likeness (QED) is 0.245. The maximum absolute atomic E-state index is 10.7. The maximum atomic E-state index is 10.7. The summed E-state index contributed by atoms with van der Waals surface area (Å²) in [5, 5.41) is 10.4. The van der Waals surface area contributed by atoms with E-state index in [0.29, 0.717) is 13.2 Å². The number of nitrogens with zero attached hydrogens (tertiary/aromatic N) is 1. The molecule has 0 saturated carbocycles. The van der Waals surface area contributed by atoms with Crippen molar-refractivity contribution in [3.8, 4) is 0 Å². The molecule has 1 amide bonds. The molecular weight excluding hydrogens is 176 g/mol. The van der Waals surface area contributed by atoms with Crippen LogP contribution in [0.2, 0.25) is 0 Å². The second-order valence-electron chi connectivity index (χ2n) is 2.11. The zero-order chi connectivity index (χ0) is 9.94. The number of ether oxygens (including phenoxy) is 1. The van der Waals surface area contributed by atoms with Gasteiger partial charge in [-0.15, -0.1) is 0 Å². The average Bonchev–Trinajstić information content (AvgIpc) is 2.11. The molecule has 0 aromatic heterocycles. The molecule has 0 radical (unpaired) electrons. The molecule has 0 rings (SSSR count). The zero-order valence-corrected chi connectivity index (χ0v) is 7.15. The van der Waals surface area contributed by atoms with Crippen LogP contribution in [-0.4, -0.2) is 44.1 Å². The molecule has 0 aromatic carbocycles. The second kappa shape index (κ2) is 8.93. The number of carbonyl (C=O) groups excluding carboxylic acids is 1. The van der Waals surface area contributed by atoms with Crippen LogP contribution in [0.1, 0.15) is 0 Å². The summed E-state index contributed by atoms with van der Waals surface area (Å²) in [4.78, 5) is 17.4. The molecule has 13 heavy (non-hydrogen) atoms. The van der Waals surface area contributed by atoms with E-state index in [1.165, 1.54) is 0 Å². The zero-order valence-electron chi connectivity index (χ0n) is 7.15. The summed E-state index contributed by atoms with van der Waals surface area (Å²) in [5.41, 5.74) is 0. The van der Waals surface area contributed by atoms with Crippen LogP contribution < -0.4 is 5.32 Å². The number of carbonyl (C=O) groups is 1. The number of hydrogen-bond acceptors (Lipinski definition) is 4. The van der Waals surface area contributed by atoms with Gasteiger partial charge in [-0.05, 0) is 0 Å². The Morgan fingerprint density at radius 1 is 1.46 bits per heavy atom. The highest BCUT2D eigenvalue weighted by Crippen LogP contribution is 1.75. The molecular formula is C7H12N2O4. The van der Waals surface area contributed by atoms with E-state index in [9.17, 15) is 4.79 Å². The summed E-state index contributed by atoms with van der Waals surface area (Å²) in [6.45, 7) is 7.32. The van der Waals surface area contributed by atoms with Crippen LogP contribution >= 0.6 is 0 Å². The van der Waals surface area contributed by atoms with Gasteiger partial charge in [0.15, 0.2) is 0 Å². The minimum Gasteiger partial charge on any atom is -0.377 e. The van der Waals surface area contributed by atoms with Crippen molar-refractivity contribution < 1.29 is 19.7 Å². The summed E-state index contributed by atoms with van der Waals surface area (Å²) < 4.78 is 4.93. The molecule has 0 saturated heterocycles. The Hall–Kier alpha value is -1.16. The number of rotatable bonds is 7. The van der Waals surface area contributed by atoms with E-state index in [4.69, 9.17) is 16.6 Å². The van der Waals surface area contributed by atoms with Gasteiger partial charge in [-0.25, -0.2) is 11.5 Å². The Morgan fingerprint density at radius 3 is 2.85 bits per heavy atom. The lowest BCUT2D eigenvalue weighted by molar-refractivity contribution is -0.249. The highest BCUT2D eigenvalue weighted by Gasteiger charge is 2.00. The van der Waals surface area contributed by atoms with Crippen LogP contribution in [0.4, 0.5) is 0 Å². The first-order valence-electron chi connectivity index (χ1n) is 3.75. The highest BCUT2D eigenvalue weighted by atomic mass is 17.1. The fraction of sp³-hybridized carbons (Fsp3) is 0.714. The fourth-order valence-corrected chi connectivity index (χ4v) is 0.589. The third-order valence-electron chi connectivity index (χ3n) is 1.11. The van der Waals surface area contributed by atoms with Crippen molar-refractivity contribution in [2.24, 2.45) is 0 Å². The molecule has 0 bridgehead atoms. The summed E-state index contributed by atoms with van der Waals surface area (Å²) in [6, 6.07) is 0. The minimum atomic E-state index is -0.308. The van der Waals surface area contributed by atoms with E-state index >= 15 is 0 Å². The first-order valence-corrected chi connectivity index (χ1v) is 3.75. The summed E-state index contributed by atoms with van der Waals surface area (Å²) >= 11 is 0. The largest absolute Gasteiger partial charge is 0.377 e. The van der Waals surface area contributed by atoms with Gasteiger partial charge in [-0.3, -0.25) is 10.1 Å². The van der Waals surface area contributed by atoms with E-state index in [0.717, 1.165) is 0 Å². The number of hydrogen-bond donors (Lipinski definition) is 2. The highest BCUT2D eigenvalue weighted by molar-refractivity contribution is 5.79. The molecule has 6 nitrogen and oxygen atoms in total. The van der Waals surface area contributed by atoms with Gasteiger partial charge in [0.25, 0.3) is 12.5 Å². The van der Waals surface area contributed by atoms with Crippen molar-refractivity contribution in [2.75, 3.05) is 32.9 Å². The Labute approximate surface area is 76.2 Å². The van der Waals surface area contributed by atoms with E-state index in [1.807, 2.05) is 0 Å². The first kappa shape index (κ1) is 11.8. The lowest BCUT2D eigenvalue weighted by atomic mass is 10.5. The molecule has 0 aliphatic carbocycles. The van der Waals surface area contributed by atoms with Crippen LogP contribution in [0.3, 0.4) is 0 Å². The van der Waals surface area contributed by atoms with Crippen molar-refractivity contribution in [1.82, 2.24) is 5.32 Å². The van der Waals surface area contributed by atoms with Crippen LogP contribution in [0.25, 0.3) is 4.85 Å². The predicted molar refractivity (Wildman–Crippen MR) is 43.9 cm³/mol. The molecule has 0 unspecified atom stereocenters. The summed E-state index contributed by atoms with van der Waals surface area (Å²) in [5.74, 6) is -0.308. The maximum Gasteiger partial charge on any atom is 0.300 e. The van der Waals surface area contributed by atoms with Crippen LogP contribution in [0, 0.1) is 6.57 Å². The van der Waals surface area contributed by atoms with Crippen molar-refractivity contribution in [3.05, 3.63) is 11.4 Å². The molecule has 6 heteroatoms. The minimum absolute atomic E-state index is 0.107. The van der Waals surface area contributed by atoms with Gasteiger partial charge in [0.05, 0.1) is 13.2 Å². The molecule has 0 heterocycles. The van der Waals surface area contributed by atoms with Gasteiger partial charge in [0, 0.05) is 6.54 Å².